The lowest BCUT2D eigenvalue weighted by Gasteiger charge is -2.24. The molecule has 0 radical (unpaired) electrons. The third-order valence-electron chi connectivity index (χ3n) is 4.88. The van der Waals surface area contributed by atoms with Gasteiger partial charge in [-0.15, -0.1) is 10.2 Å². The maximum atomic E-state index is 14.7. The van der Waals surface area contributed by atoms with Gasteiger partial charge in [-0.3, -0.25) is 5.43 Å². The highest BCUT2D eigenvalue weighted by Gasteiger charge is 2.33. The standard InChI is InChI=1S/C20H23F2N5O2S/c1-11-6-9-17(16(22)10-11)30(28,29)25-19(20-23-26-27(5)24-20)14(4)18-13(3)12(2)7-8-15(18)21/h6-10,19,25-26H,4H2,1-3,5H3,(H,23,24)/t19-/m0/s1. The van der Waals surface area contributed by atoms with E-state index in [9.17, 15) is 17.2 Å². The van der Waals surface area contributed by atoms with Crippen molar-refractivity contribution in [2.24, 2.45) is 5.10 Å². The lowest BCUT2D eigenvalue weighted by atomic mass is 9.93. The fourth-order valence-corrected chi connectivity index (χ4v) is 4.39. The molecule has 0 saturated carbocycles. The number of hydrazine groups is 2. The van der Waals surface area contributed by atoms with Crippen LogP contribution in [0.15, 0.2) is 46.9 Å². The first-order valence-electron chi connectivity index (χ1n) is 9.08. The molecule has 0 aliphatic carbocycles. The van der Waals surface area contributed by atoms with Crippen LogP contribution in [0.5, 0.6) is 0 Å². The molecule has 2 aromatic rings. The first-order chi connectivity index (χ1) is 14.0. The van der Waals surface area contributed by atoms with Gasteiger partial charge in [0, 0.05) is 12.6 Å². The van der Waals surface area contributed by atoms with Gasteiger partial charge in [-0.1, -0.05) is 18.7 Å². The van der Waals surface area contributed by atoms with E-state index in [1.165, 1.54) is 23.3 Å². The van der Waals surface area contributed by atoms with Gasteiger partial charge >= 0.3 is 0 Å². The van der Waals surface area contributed by atoms with Gasteiger partial charge in [0.05, 0.1) is 0 Å². The number of nitrogens with one attached hydrogen (secondary N) is 3. The minimum Gasteiger partial charge on any atom is -0.285 e. The Morgan fingerprint density at radius 1 is 1.17 bits per heavy atom. The van der Waals surface area contributed by atoms with Crippen LogP contribution in [0.2, 0.25) is 0 Å². The van der Waals surface area contributed by atoms with Gasteiger partial charge in [0.15, 0.2) is 5.84 Å². The number of sulfonamides is 1. The van der Waals surface area contributed by atoms with Crippen molar-refractivity contribution in [3.05, 3.63) is 70.8 Å². The summed E-state index contributed by atoms with van der Waals surface area (Å²) in [5.41, 5.74) is 7.75. The van der Waals surface area contributed by atoms with E-state index in [1.807, 2.05) is 6.92 Å². The number of nitrogens with zero attached hydrogens (tertiary/aromatic N) is 2. The van der Waals surface area contributed by atoms with E-state index >= 15 is 0 Å². The van der Waals surface area contributed by atoms with E-state index in [0.717, 1.165) is 11.6 Å². The van der Waals surface area contributed by atoms with Crippen molar-refractivity contribution in [3.8, 4) is 0 Å². The predicted octanol–water partition coefficient (Wildman–Crippen LogP) is 2.52. The second-order valence-corrected chi connectivity index (χ2v) is 8.83. The van der Waals surface area contributed by atoms with Crippen LogP contribution in [0.4, 0.5) is 8.78 Å². The summed E-state index contributed by atoms with van der Waals surface area (Å²) in [6.45, 7) is 9.13. The Bertz CT molecular complexity index is 1150. The summed E-state index contributed by atoms with van der Waals surface area (Å²) < 4.78 is 57.4. The zero-order chi connectivity index (χ0) is 22.2. The molecule has 0 amide bonds. The van der Waals surface area contributed by atoms with E-state index < -0.39 is 32.6 Å². The van der Waals surface area contributed by atoms with Gasteiger partial charge in [0.1, 0.15) is 22.6 Å². The molecule has 3 N–H and O–H groups in total. The van der Waals surface area contributed by atoms with Crippen LogP contribution in [0.25, 0.3) is 5.57 Å². The van der Waals surface area contributed by atoms with E-state index in [4.69, 9.17) is 0 Å². The number of benzene rings is 2. The molecule has 1 aliphatic heterocycles. The SMILES string of the molecule is C=C(c1c(F)ccc(C)c1C)[C@H](NS(=O)(=O)c1ccc(C)cc1F)C1=NNN(C)N1. The zero-order valence-electron chi connectivity index (χ0n) is 17.0. The monoisotopic (exact) mass is 435 g/mol. The summed E-state index contributed by atoms with van der Waals surface area (Å²) in [6.07, 6.45) is 0. The molecule has 0 spiro atoms. The Hall–Kier alpha value is -2.82. The molecule has 160 valence electrons. The highest BCUT2D eigenvalue weighted by molar-refractivity contribution is 7.89. The van der Waals surface area contributed by atoms with E-state index in [1.54, 1.807) is 27.0 Å². The molecule has 1 aliphatic rings. The van der Waals surface area contributed by atoms with Crippen molar-refractivity contribution in [3.63, 3.8) is 0 Å². The van der Waals surface area contributed by atoms with Crippen LogP contribution in [-0.4, -0.2) is 32.5 Å². The second-order valence-electron chi connectivity index (χ2n) is 7.15. The molecular formula is C20H23F2N5O2S. The quantitative estimate of drug-likeness (QED) is 0.649. The van der Waals surface area contributed by atoms with Gasteiger partial charge in [0.25, 0.3) is 0 Å². The number of rotatable bonds is 6. The molecule has 0 aromatic heterocycles. The first-order valence-corrected chi connectivity index (χ1v) is 10.6. The first kappa shape index (κ1) is 21.9. The summed E-state index contributed by atoms with van der Waals surface area (Å²) in [7, 11) is -2.71. The molecule has 1 atom stereocenters. The summed E-state index contributed by atoms with van der Waals surface area (Å²) in [5, 5.41) is 5.42. The summed E-state index contributed by atoms with van der Waals surface area (Å²) >= 11 is 0. The van der Waals surface area contributed by atoms with Gasteiger partial charge in [-0.25, -0.2) is 22.7 Å². The van der Waals surface area contributed by atoms with Crippen LogP contribution < -0.4 is 15.7 Å². The number of amidine groups is 1. The van der Waals surface area contributed by atoms with Crippen molar-refractivity contribution in [2.75, 3.05) is 7.05 Å². The van der Waals surface area contributed by atoms with Crippen molar-refractivity contribution in [2.45, 2.75) is 31.7 Å². The van der Waals surface area contributed by atoms with E-state index in [0.29, 0.717) is 11.1 Å². The van der Waals surface area contributed by atoms with Gasteiger partial charge < -0.3 is 0 Å². The Labute approximate surface area is 174 Å². The Kier molecular flexibility index (Phi) is 5.93. The third kappa shape index (κ3) is 4.20. The molecule has 0 saturated heterocycles. The fourth-order valence-electron chi connectivity index (χ4n) is 3.14. The highest BCUT2D eigenvalue weighted by atomic mass is 32.2. The molecule has 7 nitrogen and oxygen atoms in total. The largest absolute Gasteiger partial charge is 0.285 e. The molecule has 2 aromatic carbocycles. The van der Waals surface area contributed by atoms with Gasteiger partial charge in [-0.2, -0.15) is 4.72 Å². The maximum absolute atomic E-state index is 14.7. The highest BCUT2D eigenvalue weighted by Crippen LogP contribution is 2.28. The van der Waals surface area contributed by atoms with Gasteiger partial charge in [0.2, 0.25) is 10.0 Å². The number of halogens is 2. The van der Waals surface area contributed by atoms with Crippen LogP contribution in [0.3, 0.4) is 0 Å². The van der Waals surface area contributed by atoms with E-state index in [-0.39, 0.29) is 17.0 Å². The molecule has 3 rings (SSSR count). The van der Waals surface area contributed by atoms with Gasteiger partial charge in [-0.05, 0) is 61.2 Å². The van der Waals surface area contributed by atoms with Crippen molar-refractivity contribution >= 4 is 21.4 Å². The smallest absolute Gasteiger partial charge is 0.244 e. The molecule has 1 heterocycles. The second kappa shape index (κ2) is 8.13. The van der Waals surface area contributed by atoms with Crippen molar-refractivity contribution in [1.29, 1.82) is 0 Å². The molecule has 10 heteroatoms. The minimum absolute atomic E-state index is 0.133. The molecule has 0 unspecified atom stereocenters. The van der Waals surface area contributed by atoms with Crippen LogP contribution in [0, 0.1) is 32.4 Å². The summed E-state index contributed by atoms with van der Waals surface area (Å²) in [6, 6.07) is 5.55. The fraction of sp³-hybridized carbons (Fsp3) is 0.250. The predicted molar refractivity (Wildman–Crippen MR) is 112 cm³/mol. The molecule has 30 heavy (non-hydrogen) atoms. The average Bonchev–Trinajstić information content (AvgIpc) is 3.09. The number of hydrogen-bond donors (Lipinski definition) is 3. The van der Waals surface area contributed by atoms with Crippen molar-refractivity contribution < 1.29 is 17.2 Å². The number of aryl methyl sites for hydroxylation is 2. The normalized spacial score (nSPS) is 15.3. The Balaban J connectivity index is 2.06. The third-order valence-corrected chi connectivity index (χ3v) is 6.34. The number of hydrogen-bond acceptors (Lipinski definition) is 6. The topological polar surface area (TPSA) is 85.8 Å². The summed E-state index contributed by atoms with van der Waals surface area (Å²) in [5.74, 6) is -1.30. The lowest BCUT2D eigenvalue weighted by molar-refractivity contribution is 0.231. The molecule has 0 bridgehead atoms. The van der Waals surface area contributed by atoms with Crippen LogP contribution in [0.1, 0.15) is 22.3 Å². The summed E-state index contributed by atoms with van der Waals surface area (Å²) in [4.78, 5) is -0.521. The lowest BCUT2D eigenvalue weighted by Crippen LogP contribution is -2.49. The van der Waals surface area contributed by atoms with E-state index in [2.05, 4.69) is 27.4 Å². The van der Waals surface area contributed by atoms with Crippen LogP contribution >= 0.6 is 0 Å². The molecular weight excluding hydrogens is 412 g/mol. The maximum Gasteiger partial charge on any atom is 0.244 e. The average molecular weight is 436 g/mol. The minimum atomic E-state index is -4.33. The molecule has 0 fully saturated rings. The Morgan fingerprint density at radius 3 is 2.47 bits per heavy atom. The van der Waals surface area contributed by atoms with Crippen molar-refractivity contribution in [1.82, 2.24) is 20.8 Å². The van der Waals surface area contributed by atoms with Crippen LogP contribution in [-0.2, 0) is 10.0 Å². The number of hydrazone groups is 1. The zero-order valence-corrected chi connectivity index (χ0v) is 17.9. The Morgan fingerprint density at radius 2 is 1.87 bits per heavy atom.